The first-order valence-electron chi connectivity index (χ1n) is 3.75. The van der Waals surface area contributed by atoms with Gasteiger partial charge in [-0.25, -0.2) is 0 Å². The first kappa shape index (κ1) is 11.0. The first-order valence-corrected chi connectivity index (χ1v) is 5.75. The topological polar surface area (TPSA) is 43.1 Å². The lowest BCUT2D eigenvalue weighted by molar-refractivity contribution is 0.0996. The summed E-state index contributed by atoms with van der Waals surface area (Å²) in [6.45, 7) is 1.81. The monoisotopic (exact) mass is 353 g/mol. The minimum Gasteiger partial charge on any atom is -0.398 e. The number of hydrogen-bond donors (Lipinski definition) is 1. The molecule has 0 aliphatic heterocycles. The van der Waals surface area contributed by atoms with Crippen molar-refractivity contribution in [3.8, 4) is 0 Å². The fourth-order valence-corrected chi connectivity index (χ4v) is 1.69. The quantitative estimate of drug-likeness (QED) is 0.384. The predicted molar refractivity (Wildman–Crippen MR) is 66.3 cm³/mol. The maximum atomic E-state index is 11.5. The summed E-state index contributed by atoms with van der Waals surface area (Å²) in [6, 6.07) is 5.30. The van der Waals surface area contributed by atoms with E-state index in [1.807, 2.05) is 6.92 Å². The van der Waals surface area contributed by atoms with E-state index in [1.54, 1.807) is 18.2 Å². The molecule has 0 saturated heterocycles. The Balaban J connectivity index is 3.04. The van der Waals surface area contributed by atoms with Crippen LogP contribution in [0.1, 0.15) is 17.3 Å². The van der Waals surface area contributed by atoms with Crippen LogP contribution in [0.25, 0.3) is 0 Å². The summed E-state index contributed by atoms with van der Waals surface area (Å²) < 4.78 is 0.914. The summed E-state index contributed by atoms with van der Waals surface area (Å²) in [7, 11) is 0. The van der Waals surface area contributed by atoms with Gasteiger partial charge in [0.15, 0.2) is 5.78 Å². The van der Waals surface area contributed by atoms with Crippen LogP contribution in [0.3, 0.4) is 0 Å². The van der Waals surface area contributed by atoms with Crippen LogP contribution in [-0.4, -0.2) is 10.6 Å². The summed E-state index contributed by atoms with van der Waals surface area (Å²) in [6.07, 6.45) is 0. The smallest absolute Gasteiger partial charge is 0.176 e. The zero-order valence-electron chi connectivity index (χ0n) is 7.05. The number of carbonyl (C=O) groups excluding carboxylic acids is 1. The highest BCUT2D eigenvalue weighted by Gasteiger charge is 2.12. The number of anilines is 1. The van der Waals surface area contributed by atoms with Gasteiger partial charge in [-0.2, -0.15) is 0 Å². The molecule has 70 valence electrons. The predicted octanol–water partition coefficient (Wildman–Crippen LogP) is 2.84. The van der Waals surface area contributed by atoms with Crippen molar-refractivity contribution < 1.29 is 4.79 Å². The van der Waals surface area contributed by atoms with Crippen LogP contribution in [0.5, 0.6) is 0 Å². The molecule has 1 unspecified atom stereocenters. The van der Waals surface area contributed by atoms with Gasteiger partial charge in [0, 0.05) is 14.8 Å². The van der Waals surface area contributed by atoms with Gasteiger partial charge < -0.3 is 5.73 Å². The molecule has 13 heavy (non-hydrogen) atoms. The first-order chi connectivity index (χ1) is 6.02. The second kappa shape index (κ2) is 4.41. The van der Waals surface area contributed by atoms with E-state index >= 15 is 0 Å². The second-order valence-corrected chi connectivity index (χ2v) is 5.25. The summed E-state index contributed by atoms with van der Waals surface area (Å²) in [4.78, 5) is 11.4. The standard InChI is InChI=1S/C9H9BrINO/c1-5(10)9(13)6-2-3-8(12)7(11)4-6/h2-5H,12H2,1H3. The van der Waals surface area contributed by atoms with Gasteiger partial charge in [-0.15, -0.1) is 0 Å². The minimum atomic E-state index is -0.146. The van der Waals surface area contributed by atoms with Crippen molar-refractivity contribution in [2.75, 3.05) is 5.73 Å². The molecular formula is C9H9BrINO. The Morgan fingerprint density at radius 1 is 1.62 bits per heavy atom. The molecule has 1 atom stereocenters. The van der Waals surface area contributed by atoms with Crippen molar-refractivity contribution in [3.63, 3.8) is 0 Å². The molecule has 0 saturated carbocycles. The zero-order valence-corrected chi connectivity index (χ0v) is 10.8. The third-order valence-electron chi connectivity index (χ3n) is 1.65. The van der Waals surface area contributed by atoms with Crippen LogP contribution in [0.2, 0.25) is 0 Å². The fourth-order valence-electron chi connectivity index (χ4n) is 0.910. The fraction of sp³-hybridized carbons (Fsp3) is 0.222. The number of rotatable bonds is 2. The van der Waals surface area contributed by atoms with Crippen LogP contribution in [-0.2, 0) is 0 Å². The Labute approximate surface area is 99.2 Å². The summed E-state index contributed by atoms with van der Waals surface area (Å²) in [5, 5.41) is 0. The molecular weight excluding hydrogens is 345 g/mol. The number of ketones is 1. The Bertz CT molecular complexity index is 338. The van der Waals surface area contributed by atoms with Crippen LogP contribution < -0.4 is 5.73 Å². The van der Waals surface area contributed by atoms with Crippen molar-refractivity contribution in [1.29, 1.82) is 0 Å². The van der Waals surface area contributed by atoms with E-state index in [9.17, 15) is 4.79 Å². The Morgan fingerprint density at radius 3 is 2.69 bits per heavy atom. The number of halogens is 2. The number of benzene rings is 1. The van der Waals surface area contributed by atoms with Gasteiger partial charge in [0.25, 0.3) is 0 Å². The molecule has 0 aromatic heterocycles. The van der Waals surface area contributed by atoms with E-state index < -0.39 is 0 Å². The van der Waals surface area contributed by atoms with Crippen molar-refractivity contribution in [2.24, 2.45) is 0 Å². The van der Waals surface area contributed by atoms with Crippen molar-refractivity contribution in [1.82, 2.24) is 0 Å². The van der Waals surface area contributed by atoms with Crippen LogP contribution >= 0.6 is 38.5 Å². The minimum absolute atomic E-state index is 0.0814. The van der Waals surface area contributed by atoms with E-state index in [0.717, 1.165) is 3.57 Å². The Kier molecular flexibility index (Phi) is 3.73. The van der Waals surface area contributed by atoms with Gasteiger partial charge >= 0.3 is 0 Å². The SMILES string of the molecule is CC(Br)C(=O)c1ccc(N)c(I)c1. The highest BCUT2D eigenvalue weighted by molar-refractivity contribution is 14.1. The molecule has 0 bridgehead atoms. The number of alkyl halides is 1. The van der Waals surface area contributed by atoms with Crippen LogP contribution in [0.15, 0.2) is 18.2 Å². The highest BCUT2D eigenvalue weighted by atomic mass is 127. The largest absolute Gasteiger partial charge is 0.398 e. The number of hydrogen-bond acceptors (Lipinski definition) is 2. The number of carbonyl (C=O) groups is 1. The van der Waals surface area contributed by atoms with Crippen molar-refractivity contribution in [3.05, 3.63) is 27.3 Å². The maximum absolute atomic E-state index is 11.5. The van der Waals surface area contributed by atoms with E-state index in [2.05, 4.69) is 38.5 Å². The normalized spacial score (nSPS) is 12.5. The number of Topliss-reactive ketones (excluding diaryl/α,β-unsaturated/α-hetero) is 1. The van der Waals surface area contributed by atoms with E-state index in [-0.39, 0.29) is 10.6 Å². The molecule has 0 radical (unpaired) electrons. The summed E-state index contributed by atoms with van der Waals surface area (Å²) in [5.74, 6) is 0.0814. The number of nitrogen functional groups attached to an aromatic ring is 1. The molecule has 0 aliphatic rings. The van der Waals surface area contributed by atoms with Crippen molar-refractivity contribution in [2.45, 2.75) is 11.8 Å². The lowest BCUT2D eigenvalue weighted by Gasteiger charge is -2.04. The third kappa shape index (κ3) is 2.67. The molecule has 0 aliphatic carbocycles. The van der Waals surface area contributed by atoms with Gasteiger partial charge in [-0.3, -0.25) is 4.79 Å². The average Bonchev–Trinajstić information content (AvgIpc) is 2.08. The molecule has 4 heteroatoms. The van der Waals surface area contributed by atoms with Crippen molar-refractivity contribution >= 4 is 50.0 Å². The van der Waals surface area contributed by atoms with E-state index in [0.29, 0.717) is 11.3 Å². The zero-order chi connectivity index (χ0) is 10.0. The lowest BCUT2D eigenvalue weighted by atomic mass is 10.1. The van der Waals surface area contributed by atoms with E-state index in [4.69, 9.17) is 5.73 Å². The summed E-state index contributed by atoms with van der Waals surface area (Å²) in [5.41, 5.74) is 7.04. The Morgan fingerprint density at radius 2 is 2.23 bits per heavy atom. The molecule has 0 heterocycles. The van der Waals surface area contributed by atoms with Crippen LogP contribution in [0.4, 0.5) is 5.69 Å². The lowest BCUT2D eigenvalue weighted by Crippen LogP contribution is -2.10. The molecule has 0 spiro atoms. The molecule has 1 rings (SSSR count). The van der Waals surface area contributed by atoms with E-state index in [1.165, 1.54) is 0 Å². The third-order valence-corrected chi connectivity index (χ3v) is 3.00. The second-order valence-electron chi connectivity index (χ2n) is 2.72. The number of nitrogens with two attached hydrogens (primary N) is 1. The van der Waals surface area contributed by atoms with Gasteiger partial charge in [-0.05, 0) is 47.7 Å². The molecule has 1 aromatic carbocycles. The highest BCUT2D eigenvalue weighted by Crippen LogP contribution is 2.18. The molecule has 1 aromatic rings. The maximum Gasteiger partial charge on any atom is 0.176 e. The van der Waals surface area contributed by atoms with Gasteiger partial charge in [0.2, 0.25) is 0 Å². The summed E-state index contributed by atoms with van der Waals surface area (Å²) >= 11 is 5.35. The van der Waals surface area contributed by atoms with Gasteiger partial charge in [0.05, 0.1) is 4.83 Å². The molecule has 0 fully saturated rings. The molecule has 0 amide bonds. The molecule has 2 N–H and O–H groups in total. The Hall–Kier alpha value is -0.100. The van der Waals surface area contributed by atoms with Crippen LogP contribution in [0, 0.1) is 3.57 Å². The molecule has 2 nitrogen and oxygen atoms in total. The van der Waals surface area contributed by atoms with Gasteiger partial charge in [0.1, 0.15) is 0 Å². The average molecular weight is 354 g/mol. The van der Waals surface area contributed by atoms with Gasteiger partial charge in [-0.1, -0.05) is 15.9 Å².